The molecule has 5 nitrogen and oxygen atoms in total. The summed E-state index contributed by atoms with van der Waals surface area (Å²) >= 11 is 0. The lowest BCUT2D eigenvalue weighted by atomic mass is 10.1. The van der Waals surface area contributed by atoms with Crippen LogP contribution in [0.3, 0.4) is 0 Å². The highest BCUT2D eigenvalue weighted by molar-refractivity contribution is 5.66. The number of piperidine rings is 1. The first-order chi connectivity index (χ1) is 11.1. The summed E-state index contributed by atoms with van der Waals surface area (Å²) < 4.78 is 18.0. The Kier molecular flexibility index (Phi) is 3.18. The van der Waals surface area contributed by atoms with Crippen LogP contribution in [0.2, 0.25) is 0 Å². The SMILES string of the molecule is NC(=O)OC1C2CN(c3ccc(-c4ccc(F)cc4)cn3)CC21. The molecule has 2 fully saturated rings. The summed E-state index contributed by atoms with van der Waals surface area (Å²) in [6, 6.07) is 10.3. The molecule has 1 amide bonds. The molecule has 1 aliphatic heterocycles. The number of fused-ring (bicyclic) bond motifs is 1. The van der Waals surface area contributed by atoms with E-state index in [0.717, 1.165) is 30.0 Å². The minimum Gasteiger partial charge on any atom is -0.446 e. The van der Waals surface area contributed by atoms with Crippen LogP contribution in [-0.4, -0.2) is 30.3 Å². The van der Waals surface area contributed by atoms with Gasteiger partial charge in [0.2, 0.25) is 0 Å². The van der Waals surface area contributed by atoms with Crippen molar-refractivity contribution in [3.05, 3.63) is 48.4 Å². The Bertz CT molecular complexity index is 721. The molecule has 2 N–H and O–H groups in total. The van der Waals surface area contributed by atoms with E-state index in [1.165, 1.54) is 12.1 Å². The summed E-state index contributed by atoms with van der Waals surface area (Å²) in [7, 11) is 0. The lowest BCUT2D eigenvalue weighted by Gasteiger charge is -2.20. The van der Waals surface area contributed by atoms with Gasteiger partial charge in [-0.3, -0.25) is 0 Å². The maximum Gasteiger partial charge on any atom is 0.404 e. The van der Waals surface area contributed by atoms with Crippen molar-refractivity contribution >= 4 is 11.9 Å². The average molecular weight is 313 g/mol. The number of rotatable bonds is 3. The van der Waals surface area contributed by atoms with Gasteiger partial charge >= 0.3 is 6.09 Å². The number of carbonyl (C=O) groups is 1. The summed E-state index contributed by atoms with van der Waals surface area (Å²) in [6.07, 6.45) is 1.07. The molecule has 0 spiro atoms. The second-order valence-corrected chi connectivity index (χ2v) is 6.05. The molecular weight excluding hydrogens is 297 g/mol. The van der Waals surface area contributed by atoms with Crippen LogP contribution in [0.25, 0.3) is 11.1 Å². The van der Waals surface area contributed by atoms with Crippen molar-refractivity contribution in [3.8, 4) is 11.1 Å². The molecule has 2 atom stereocenters. The number of hydrogen-bond acceptors (Lipinski definition) is 4. The van der Waals surface area contributed by atoms with Crippen LogP contribution in [0.1, 0.15) is 0 Å². The molecule has 1 aliphatic carbocycles. The van der Waals surface area contributed by atoms with Gasteiger partial charge in [-0.05, 0) is 29.8 Å². The molecule has 1 aromatic heterocycles. The number of aromatic nitrogens is 1. The van der Waals surface area contributed by atoms with Gasteiger partial charge < -0.3 is 15.4 Å². The monoisotopic (exact) mass is 313 g/mol. The van der Waals surface area contributed by atoms with Crippen LogP contribution < -0.4 is 10.6 Å². The zero-order chi connectivity index (χ0) is 16.0. The van der Waals surface area contributed by atoms with Crippen molar-refractivity contribution in [1.29, 1.82) is 0 Å². The molecular formula is C17H16FN3O2. The number of halogens is 1. The van der Waals surface area contributed by atoms with Crippen molar-refractivity contribution in [2.45, 2.75) is 6.10 Å². The van der Waals surface area contributed by atoms with Crippen molar-refractivity contribution in [2.75, 3.05) is 18.0 Å². The first kappa shape index (κ1) is 14.0. The van der Waals surface area contributed by atoms with Crippen LogP contribution in [0, 0.1) is 17.7 Å². The minimum atomic E-state index is -0.697. The number of anilines is 1. The molecule has 2 heterocycles. The maximum atomic E-state index is 13.0. The van der Waals surface area contributed by atoms with Gasteiger partial charge in [0, 0.05) is 36.7 Å². The van der Waals surface area contributed by atoms with Gasteiger partial charge in [0.05, 0.1) is 0 Å². The Balaban J connectivity index is 1.42. The fourth-order valence-electron chi connectivity index (χ4n) is 3.35. The van der Waals surface area contributed by atoms with Gasteiger partial charge in [-0.25, -0.2) is 14.2 Å². The number of nitrogens with two attached hydrogens (primary N) is 1. The summed E-state index contributed by atoms with van der Waals surface area (Å²) in [5.74, 6) is 1.38. The summed E-state index contributed by atoms with van der Waals surface area (Å²) in [4.78, 5) is 17.5. The second-order valence-electron chi connectivity index (χ2n) is 6.05. The molecule has 118 valence electrons. The predicted molar refractivity (Wildman–Crippen MR) is 83.3 cm³/mol. The smallest absolute Gasteiger partial charge is 0.404 e. The Morgan fingerprint density at radius 2 is 1.78 bits per heavy atom. The molecule has 4 rings (SSSR count). The van der Waals surface area contributed by atoms with E-state index >= 15 is 0 Å². The maximum absolute atomic E-state index is 13.0. The number of pyridine rings is 1. The number of benzene rings is 1. The summed E-state index contributed by atoms with van der Waals surface area (Å²) in [6.45, 7) is 1.65. The third kappa shape index (κ3) is 2.60. The van der Waals surface area contributed by atoms with Gasteiger partial charge in [-0.2, -0.15) is 0 Å². The fraction of sp³-hybridized carbons (Fsp3) is 0.294. The third-order valence-corrected chi connectivity index (χ3v) is 4.62. The van der Waals surface area contributed by atoms with E-state index in [4.69, 9.17) is 10.5 Å². The number of amides is 1. The number of carbonyl (C=O) groups excluding carboxylic acids is 1. The largest absolute Gasteiger partial charge is 0.446 e. The molecule has 1 saturated heterocycles. The average Bonchev–Trinajstić information content (AvgIpc) is 2.98. The fourth-order valence-corrected chi connectivity index (χ4v) is 3.35. The molecule has 1 aromatic carbocycles. The minimum absolute atomic E-state index is 0.0257. The summed E-state index contributed by atoms with van der Waals surface area (Å²) in [5, 5.41) is 0. The Hall–Kier alpha value is -2.63. The first-order valence-corrected chi connectivity index (χ1v) is 7.55. The standard InChI is InChI=1S/C17H16FN3O2/c18-12-4-1-10(2-5-12)11-3-6-15(20-7-11)21-8-13-14(9-21)16(13)23-17(19)22/h1-7,13-14,16H,8-9H2,(H2,19,22). The Morgan fingerprint density at radius 3 is 2.35 bits per heavy atom. The van der Waals surface area contributed by atoms with E-state index in [0.29, 0.717) is 11.8 Å². The molecule has 23 heavy (non-hydrogen) atoms. The highest BCUT2D eigenvalue weighted by Gasteiger charge is 2.58. The molecule has 2 aromatic rings. The molecule has 0 bridgehead atoms. The second kappa shape index (κ2) is 5.22. The van der Waals surface area contributed by atoms with Crippen LogP contribution in [-0.2, 0) is 4.74 Å². The summed E-state index contributed by atoms with van der Waals surface area (Å²) in [5.41, 5.74) is 6.94. The predicted octanol–water partition coefficient (Wildman–Crippen LogP) is 2.42. The van der Waals surface area contributed by atoms with E-state index in [9.17, 15) is 9.18 Å². The quantitative estimate of drug-likeness (QED) is 0.945. The number of ether oxygens (including phenoxy) is 1. The van der Waals surface area contributed by atoms with E-state index in [1.54, 1.807) is 18.3 Å². The lowest BCUT2D eigenvalue weighted by molar-refractivity contribution is 0.137. The number of primary amides is 1. The molecule has 2 unspecified atom stereocenters. The van der Waals surface area contributed by atoms with Crippen molar-refractivity contribution < 1.29 is 13.9 Å². The lowest BCUT2D eigenvalue weighted by Crippen LogP contribution is -2.28. The number of hydrogen-bond donors (Lipinski definition) is 1. The van der Waals surface area contributed by atoms with Crippen LogP contribution in [0.15, 0.2) is 42.6 Å². The normalized spacial score (nSPS) is 25.1. The van der Waals surface area contributed by atoms with E-state index in [-0.39, 0.29) is 11.9 Å². The third-order valence-electron chi connectivity index (χ3n) is 4.62. The van der Waals surface area contributed by atoms with E-state index < -0.39 is 6.09 Å². The highest BCUT2D eigenvalue weighted by Crippen LogP contribution is 2.48. The Labute approximate surface area is 132 Å². The van der Waals surface area contributed by atoms with Crippen LogP contribution >= 0.6 is 0 Å². The first-order valence-electron chi connectivity index (χ1n) is 7.55. The van der Waals surface area contributed by atoms with Crippen LogP contribution in [0.4, 0.5) is 15.0 Å². The van der Waals surface area contributed by atoms with E-state index in [2.05, 4.69) is 9.88 Å². The van der Waals surface area contributed by atoms with Crippen molar-refractivity contribution in [3.63, 3.8) is 0 Å². The highest BCUT2D eigenvalue weighted by atomic mass is 19.1. The molecule has 0 radical (unpaired) electrons. The van der Waals surface area contributed by atoms with Crippen LogP contribution in [0.5, 0.6) is 0 Å². The van der Waals surface area contributed by atoms with Gasteiger partial charge in [0.15, 0.2) is 0 Å². The van der Waals surface area contributed by atoms with Crippen molar-refractivity contribution in [2.24, 2.45) is 17.6 Å². The van der Waals surface area contributed by atoms with Gasteiger partial charge in [-0.15, -0.1) is 0 Å². The molecule has 1 saturated carbocycles. The van der Waals surface area contributed by atoms with Crippen molar-refractivity contribution in [1.82, 2.24) is 4.98 Å². The molecule has 2 aliphatic rings. The topological polar surface area (TPSA) is 68.5 Å². The molecule has 6 heteroatoms. The number of nitrogens with zero attached hydrogens (tertiary/aromatic N) is 2. The zero-order valence-electron chi connectivity index (χ0n) is 12.4. The van der Waals surface area contributed by atoms with E-state index in [1.807, 2.05) is 12.1 Å². The Morgan fingerprint density at radius 1 is 1.13 bits per heavy atom. The van der Waals surface area contributed by atoms with Gasteiger partial charge in [-0.1, -0.05) is 12.1 Å². The zero-order valence-corrected chi connectivity index (χ0v) is 12.4. The van der Waals surface area contributed by atoms with Gasteiger partial charge in [0.25, 0.3) is 0 Å². The van der Waals surface area contributed by atoms with Gasteiger partial charge in [0.1, 0.15) is 17.7 Å².